The molecule has 1 aromatic rings. The largest absolute Gasteiger partial charge is 0.480 e. The maximum atomic E-state index is 12.8. The van der Waals surface area contributed by atoms with E-state index in [9.17, 15) is 24.3 Å². The first-order chi connectivity index (χ1) is 14.8. The zero-order chi connectivity index (χ0) is 23.2. The number of benzene rings is 1. The molecule has 0 saturated heterocycles. The number of aliphatic carboxylic acids is 1. The molecule has 3 atom stereocenters. The highest BCUT2D eigenvalue weighted by molar-refractivity contribution is 5.93. The van der Waals surface area contributed by atoms with Crippen molar-refractivity contribution in [3.05, 3.63) is 35.9 Å². The molecule has 9 N–H and O–H groups in total. The minimum atomic E-state index is -1.51. The average Bonchev–Trinajstić information content (AvgIpc) is 2.76. The Morgan fingerprint density at radius 2 is 1.48 bits per heavy atom. The number of unbranched alkanes of at least 4 members (excludes halogenated alkanes) is 1. The summed E-state index contributed by atoms with van der Waals surface area (Å²) in [5.74, 6) is -3.31. The van der Waals surface area contributed by atoms with Crippen molar-refractivity contribution in [2.45, 2.75) is 43.8 Å². The molecule has 3 amide bonds. The summed E-state index contributed by atoms with van der Waals surface area (Å²) in [5.41, 5.74) is 11.5. The maximum absolute atomic E-state index is 12.8. The molecule has 0 radical (unpaired) electrons. The van der Waals surface area contributed by atoms with Gasteiger partial charge in [0.15, 0.2) is 0 Å². The molecule has 0 aromatic heterocycles. The van der Waals surface area contributed by atoms with Crippen LogP contribution in [0.5, 0.6) is 0 Å². The van der Waals surface area contributed by atoms with Gasteiger partial charge in [-0.15, -0.1) is 0 Å². The lowest BCUT2D eigenvalue weighted by atomic mass is 10.0. The fraction of sp³-hybridized carbons (Fsp3) is 0.500. The molecule has 0 saturated carbocycles. The van der Waals surface area contributed by atoms with E-state index in [-0.39, 0.29) is 13.0 Å². The van der Waals surface area contributed by atoms with E-state index in [1.54, 1.807) is 30.3 Å². The Bertz CT molecular complexity index is 730. The van der Waals surface area contributed by atoms with Crippen molar-refractivity contribution in [3.8, 4) is 0 Å². The van der Waals surface area contributed by atoms with E-state index in [2.05, 4.69) is 16.0 Å². The number of nitrogens with one attached hydrogen (secondary N) is 3. The van der Waals surface area contributed by atoms with Crippen molar-refractivity contribution < 1.29 is 29.4 Å². The van der Waals surface area contributed by atoms with Crippen LogP contribution in [-0.4, -0.2) is 71.7 Å². The molecular formula is C20H31N5O6. The molecule has 11 heteroatoms. The van der Waals surface area contributed by atoms with E-state index in [0.717, 1.165) is 5.56 Å². The van der Waals surface area contributed by atoms with E-state index in [4.69, 9.17) is 16.6 Å². The van der Waals surface area contributed by atoms with Crippen LogP contribution in [0, 0.1) is 0 Å². The molecule has 0 heterocycles. The molecular weight excluding hydrogens is 406 g/mol. The Morgan fingerprint density at radius 3 is 2.03 bits per heavy atom. The number of aliphatic hydroxyl groups excluding tert-OH is 1. The van der Waals surface area contributed by atoms with E-state index in [0.29, 0.717) is 25.8 Å². The van der Waals surface area contributed by atoms with Crippen LogP contribution < -0.4 is 27.4 Å². The van der Waals surface area contributed by atoms with Crippen molar-refractivity contribution in [2.75, 3.05) is 19.7 Å². The van der Waals surface area contributed by atoms with Gasteiger partial charge < -0.3 is 37.6 Å². The maximum Gasteiger partial charge on any atom is 0.328 e. The van der Waals surface area contributed by atoms with Gasteiger partial charge in [0.25, 0.3) is 0 Å². The summed E-state index contributed by atoms with van der Waals surface area (Å²) in [5, 5.41) is 25.6. The summed E-state index contributed by atoms with van der Waals surface area (Å²) < 4.78 is 0. The minimum Gasteiger partial charge on any atom is -0.480 e. The predicted molar refractivity (Wildman–Crippen MR) is 113 cm³/mol. The lowest BCUT2D eigenvalue weighted by Crippen LogP contribution is -2.57. The molecule has 0 aliphatic heterocycles. The molecule has 0 aliphatic carbocycles. The molecule has 1 aromatic carbocycles. The predicted octanol–water partition coefficient (Wildman–Crippen LogP) is -2.15. The number of carboxylic acid groups (broad SMARTS) is 1. The van der Waals surface area contributed by atoms with Gasteiger partial charge in [0.1, 0.15) is 18.1 Å². The van der Waals surface area contributed by atoms with Crippen LogP contribution in [0.4, 0.5) is 0 Å². The second-order valence-electron chi connectivity index (χ2n) is 6.94. The Hall–Kier alpha value is -3.02. The summed E-state index contributed by atoms with van der Waals surface area (Å²) in [7, 11) is 0. The standard InChI is InChI=1S/C20H31N5O6/c21-9-5-4-8-14(23-17(27)11-22)18(28)24-15(10-13-6-2-1-3-7-13)19(29)25-16(12-26)20(30)31/h1-3,6-7,14-16,26H,4-5,8-12,21-22H2,(H,23,27)(H,24,28)(H,25,29)(H,30,31). The number of nitrogens with two attached hydrogens (primary N) is 2. The fourth-order valence-corrected chi connectivity index (χ4v) is 2.80. The van der Waals surface area contributed by atoms with Gasteiger partial charge in [-0.05, 0) is 31.4 Å². The topological polar surface area (TPSA) is 197 Å². The molecule has 0 fully saturated rings. The van der Waals surface area contributed by atoms with Crippen LogP contribution in [0.25, 0.3) is 0 Å². The summed E-state index contributed by atoms with van der Waals surface area (Å²) in [6, 6.07) is 5.24. The Balaban J connectivity index is 3.00. The first-order valence-corrected chi connectivity index (χ1v) is 10.00. The van der Waals surface area contributed by atoms with Gasteiger partial charge in [-0.2, -0.15) is 0 Å². The number of rotatable bonds is 14. The smallest absolute Gasteiger partial charge is 0.328 e. The Morgan fingerprint density at radius 1 is 0.871 bits per heavy atom. The molecule has 31 heavy (non-hydrogen) atoms. The van der Waals surface area contributed by atoms with Gasteiger partial charge in [0.05, 0.1) is 13.2 Å². The third-order valence-electron chi connectivity index (χ3n) is 4.50. The highest BCUT2D eigenvalue weighted by Gasteiger charge is 2.29. The van der Waals surface area contributed by atoms with Crippen molar-refractivity contribution in [1.29, 1.82) is 0 Å². The number of amides is 3. The van der Waals surface area contributed by atoms with Crippen LogP contribution in [0.1, 0.15) is 24.8 Å². The van der Waals surface area contributed by atoms with Crippen molar-refractivity contribution in [3.63, 3.8) is 0 Å². The van der Waals surface area contributed by atoms with Gasteiger partial charge >= 0.3 is 5.97 Å². The monoisotopic (exact) mass is 437 g/mol. The van der Waals surface area contributed by atoms with Gasteiger partial charge in [0.2, 0.25) is 17.7 Å². The van der Waals surface area contributed by atoms with Crippen molar-refractivity contribution in [2.24, 2.45) is 11.5 Å². The number of aliphatic hydroxyl groups is 1. The lowest BCUT2D eigenvalue weighted by Gasteiger charge is -2.24. The zero-order valence-corrected chi connectivity index (χ0v) is 17.3. The molecule has 0 bridgehead atoms. The van der Waals surface area contributed by atoms with E-state index in [1.165, 1.54) is 0 Å². The molecule has 0 aliphatic rings. The van der Waals surface area contributed by atoms with Gasteiger partial charge in [-0.1, -0.05) is 30.3 Å². The number of carbonyl (C=O) groups is 4. The second-order valence-corrected chi connectivity index (χ2v) is 6.94. The first-order valence-electron chi connectivity index (χ1n) is 10.00. The minimum absolute atomic E-state index is 0.0799. The van der Waals surface area contributed by atoms with Gasteiger partial charge in [-0.25, -0.2) is 4.79 Å². The number of carbonyl (C=O) groups excluding carboxylic acids is 3. The number of carboxylic acids is 1. The van der Waals surface area contributed by atoms with Crippen LogP contribution in [0.3, 0.4) is 0 Å². The Kier molecular flexibility index (Phi) is 11.8. The second kappa shape index (κ2) is 14.1. The van der Waals surface area contributed by atoms with E-state index < -0.39 is 48.4 Å². The van der Waals surface area contributed by atoms with Crippen LogP contribution in [0.2, 0.25) is 0 Å². The number of hydrogen-bond acceptors (Lipinski definition) is 7. The lowest BCUT2D eigenvalue weighted by molar-refractivity contribution is -0.143. The van der Waals surface area contributed by atoms with E-state index in [1.807, 2.05) is 0 Å². The molecule has 1 rings (SSSR count). The van der Waals surface area contributed by atoms with Crippen LogP contribution in [-0.2, 0) is 25.6 Å². The van der Waals surface area contributed by atoms with Crippen LogP contribution >= 0.6 is 0 Å². The Labute approximate surface area is 180 Å². The highest BCUT2D eigenvalue weighted by Crippen LogP contribution is 2.07. The molecule has 0 spiro atoms. The van der Waals surface area contributed by atoms with Gasteiger partial charge in [0, 0.05) is 6.42 Å². The van der Waals surface area contributed by atoms with Crippen molar-refractivity contribution in [1.82, 2.24) is 16.0 Å². The summed E-state index contributed by atoms with van der Waals surface area (Å²) in [6.45, 7) is -0.678. The summed E-state index contributed by atoms with van der Waals surface area (Å²) >= 11 is 0. The average molecular weight is 437 g/mol. The third kappa shape index (κ3) is 9.55. The fourth-order valence-electron chi connectivity index (χ4n) is 2.80. The summed E-state index contributed by atoms with van der Waals surface area (Å²) in [6.07, 6.45) is 1.59. The SMILES string of the molecule is NCCCCC(NC(=O)CN)C(=O)NC(Cc1ccccc1)C(=O)NC(CO)C(=O)O. The van der Waals surface area contributed by atoms with E-state index >= 15 is 0 Å². The molecule has 11 nitrogen and oxygen atoms in total. The zero-order valence-electron chi connectivity index (χ0n) is 17.3. The molecule has 172 valence electrons. The molecule has 3 unspecified atom stereocenters. The van der Waals surface area contributed by atoms with Crippen molar-refractivity contribution >= 4 is 23.7 Å². The highest BCUT2D eigenvalue weighted by atomic mass is 16.4. The number of hydrogen-bond donors (Lipinski definition) is 7. The normalized spacial score (nSPS) is 13.5. The van der Waals surface area contributed by atoms with Crippen LogP contribution in [0.15, 0.2) is 30.3 Å². The quantitative estimate of drug-likeness (QED) is 0.160. The third-order valence-corrected chi connectivity index (χ3v) is 4.50. The van der Waals surface area contributed by atoms with Gasteiger partial charge in [-0.3, -0.25) is 14.4 Å². The first kappa shape index (κ1) is 26.0. The summed E-state index contributed by atoms with van der Waals surface area (Å²) in [4.78, 5) is 48.4.